The van der Waals surface area contributed by atoms with Gasteiger partial charge in [-0.15, -0.1) is 11.3 Å². The summed E-state index contributed by atoms with van der Waals surface area (Å²) in [5.74, 6) is -0.208. The van der Waals surface area contributed by atoms with Crippen molar-refractivity contribution < 1.29 is 14.0 Å². The summed E-state index contributed by atoms with van der Waals surface area (Å²) < 4.78 is 5.75. The quantitative estimate of drug-likeness (QED) is 0.615. The van der Waals surface area contributed by atoms with Crippen LogP contribution in [-0.2, 0) is 0 Å². The summed E-state index contributed by atoms with van der Waals surface area (Å²) in [6.45, 7) is 2.96. The van der Waals surface area contributed by atoms with E-state index in [1.165, 1.54) is 0 Å². The maximum Gasteiger partial charge on any atom is 0.291 e. The second-order valence-electron chi connectivity index (χ2n) is 6.59. The second-order valence-corrected chi connectivity index (χ2v) is 8.24. The number of nitrogens with one attached hydrogen (secondary N) is 1. The standard InChI is InChI=1S/C20H19BrN4O3S/c21-17-6-5-16(28-17)18(26)23-15-4-1-3-14(13-15)19(27)24-8-2-9-25(11-10-24)20-22-7-12-29-20/h1,3-7,12-13H,2,8-11H2,(H,23,26). The van der Waals surface area contributed by atoms with Crippen LogP contribution >= 0.6 is 27.3 Å². The maximum absolute atomic E-state index is 13.0. The molecule has 0 atom stereocenters. The molecule has 2 aromatic heterocycles. The number of carbonyl (C=O) groups is 2. The summed E-state index contributed by atoms with van der Waals surface area (Å²) in [7, 11) is 0. The van der Waals surface area contributed by atoms with E-state index in [2.05, 4.69) is 31.1 Å². The van der Waals surface area contributed by atoms with Crippen molar-refractivity contribution in [1.29, 1.82) is 0 Å². The van der Waals surface area contributed by atoms with Crippen LogP contribution in [0.1, 0.15) is 27.3 Å². The fourth-order valence-corrected chi connectivity index (χ4v) is 4.23. The number of hydrogen-bond donors (Lipinski definition) is 1. The van der Waals surface area contributed by atoms with Gasteiger partial charge in [0.05, 0.1) is 0 Å². The molecular weight excluding hydrogens is 456 g/mol. The molecule has 1 saturated heterocycles. The number of hydrogen-bond acceptors (Lipinski definition) is 6. The van der Waals surface area contributed by atoms with Gasteiger partial charge >= 0.3 is 0 Å². The van der Waals surface area contributed by atoms with Crippen LogP contribution in [0.3, 0.4) is 0 Å². The first-order valence-corrected chi connectivity index (χ1v) is 10.9. The summed E-state index contributed by atoms with van der Waals surface area (Å²) in [5.41, 5.74) is 1.10. The van der Waals surface area contributed by atoms with Crippen molar-refractivity contribution in [1.82, 2.24) is 9.88 Å². The van der Waals surface area contributed by atoms with Crippen molar-refractivity contribution in [2.75, 3.05) is 36.4 Å². The van der Waals surface area contributed by atoms with E-state index < -0.39 is 0 Å². The Morgan fingerprint density at radius 1 is 1.14 bits per heavy atom. The molecule has 1 fully saturated rings. The summed E-state index contributed by atoms with van der Waals surface area (Å²) >= 11 is 4.79. The molecule has 1 N–H and O–H groups in total. The first-order valence-electron chi connectivity index (χ1n) is 9.20. The minimum atomic E-state index is -0.367. The Labute approximate surface area is 180 Å². The van der Waals surface area contributed by atoms with Gasteiger partial charge in [-0.1, -0.05) is 6.07 Å². The zero-order valence-corrected chi connectivity index (χ0v) is 17.9. The van der Waals surface area contributed by atoms with Crippen LogP contribution in [0.4, 0.5) is 10.8 Å². The van der Waals surface area contributed by atoms with Gasteiger partial charge < -0.3 is 19.5 Å². The van der Waals surface area contributed by atoms with Crippen molar-refractivity contribution in [3.63, 3.8) is 0 Å². The van der Waals surface area contributed by atoms with Gasteiger partial charge in [0.2, 0.25) is 0 Å². The normalized spacial score (nSPS) is 14.5. The number of nitrogens with zero attached hydrogens (tertiary/aromatic N) is 3. The second kappa shape index (κ2) is 8.79. The molecule has 3 aromatic rings. The summed E-state index contributed by atoms with van der Waals surface area (Å²) in [4.78, 5) is 33.7. The predicted octanol–water partition coefficient (Wildman–Crippen LogP) is 4.10. The van der Waals surface area contributed by atoms with Gasteiger partial charge in [0.25, 0.3) is 11.8 Å². The van der Waals surface area contributed by atoms with E-state index in [9.17, 15) is 9.59 Å². The van der Waals surface area contributed by atoms with Crippen LogP contribution in [0.5, 0.6) is 0 Å². The molecule has 29 heavy (non-hydrogen) atoms. The molecule has 0 saturated carbocycles. The fraction of sp³-hybridized carbons (Fsp3) is 0.250. The molecule has 150 valence electrons. The van der Waals surface area contributed by atoms with E-state index in [1.54, 1.807) is 53.9 Å². The Morgan fingerprint density at radius 3 is 2.79 bits per heavy atom. The zero-order chi connectivity index (χ0) is 20.2. The summed E-state index contributed by atoms with van der Waals surface area (Å²) in [6.07, 6.45) is 2.68. The van der Waals surface area contributed by atoms with Crippen molar-refractivity contribution in [2.45, 2.75) is 6.42 Å². The van der Waals surface area contributed by atoms with Gasteiger partial charge in [-0.2, -0.15) is 0 Å². The Morgan fingerprint density at radius 2 is 2.03 bits per heavy atom. The molecule has 0 aliphatic carbocycles. The third-order valence-corrected chi connectivity index (χ3v) is 5.90. The van der Waals surface area contributed by atoms with Crippen molar-refractivity contribution in [2.24, 2.45) is 0 Å². The van der Waals surface area contributed by atoms with Crippen LogP contribution in [0.15, 0.2) is 57.1 Å². The molecule has 9 heteroatoms. The summed E-state index contributed by atoms with van der Waals surface area (Å²) in [5, 5.41) is 5.73. The number of carbonyl (C=O) groups excluding carboxylic acids is 2. The molecule has 1 aliphatic rings. The van der Waals surface area contributed by atoms with Gasteiger partial charge in [-0.05, 0) is 52.7 Å². The van der Waals surface area contributed by atoms with Crippen LogP contribution in [0, 0.1) is 0 Å². The lowest BCUT2D eigenvalue weighted by Gasteiger charge is -2.22. The highest BCUT2D eigenvalue weighted by atomic mass is 79.9. The lowest BCUT2D eigenvalue weighted by molar-refractivity contribution is 0.0766. The highest BCUT2D eigenvalue weighted by molar-refractivity contribution is 9.10. The van der Waals surface area contributed by atoms with E-state index in [4.69, 9.17) is 4.42 Å². The Bertz CT molecular complexity index is 1000. The smallest absolute Gasteiger partial charge is 0.291 e. The average Bonchev–Trinajstić information content (AvgIpc) is 3.35. The number of furan rings is 1. The molecule has 3 heterocycles. The maximum atomic E-state index is 13.0. The number of anilines is 2. The number of rotatable bonds is 4. The first kappa shape index (κ1) is 19.7. The first-order chi connectivity index (χ1) is 14.1. The molecule has 1 aliphatic heterocycles. The lowest BCUT2D eigenvalue weighted by atomic mass is 10.1. The van der Waals surface area contributed by atoms with Crippen molar-refractivity contribution in [3.8, 4) is 0 Å². The Kier molecular flexibility index (Phi) is 5.96. The number of halogens is 1. The molecule has 4 rings (SSSR count). The van der Waals surface area contributed by atoms with E-state index in [-0.39, 0.29) is 17.6 Å². The molecule has 1 aromatic carbocycles. The van der Waals surface area contributed by atoms with Gasteiger partial charge in [0.15, 0.2) is 15.6 Å². The minimum Gasteiger partial charge on any atom is -0.444 e. The van der Waals surface area contributed by atoms with E-state index in [1.807, 2.05) is 10.3 Å². The SMILES string of the molecule is O=C(Nc1cccc(C(=O)N2CCCN(c3nccs3)CC2)c1)c1ccc(Br)o1. The van der Waals surface area contributed by atoms with E-state index in [0.29, 0.717) is 29.0 Å². The zero-order valence-electron chi connectivity index (χ0n) is 15.5. The molecule has 2 amide bonds. The number of amides is 2. The number of thiazole rings is 1. The number of aromatic nitrogens is 1. The molecular formula is C20H19BrN4O3S. The highest BCUT2D eigenvalue weighted by Gasteiger charge is 2.22. The van der Waals surface area contributed by atoms with E-state index >= 15 is 0 Å². The van der Waals surface area contributed by atoms with E-state index in [0.717, 1.165) is 24.6 Å². The van der Waals surface area contributed by atoms with Gasteiger partial charge in [-0.3, -0.25) is 9.59 Å². The molecule has 0 unspecified atom stereocenters. The van der Waals surface area contributed by atoms with Crippen LogP contribution in [-0.4, -0.2) is 47.9 Å². The molecule has 0 bridgehead atoms. The van der Waals surface area contributed by atoms with Gasteiger partial charge in [0, 0.05) is 49.0 Å². The van der Waals surface area contributed by atoms with Gasteiger partial charge in [0.1, 0.15) is 0 Å². The minimum absolute atomic E-state index is 0.0390. The lowest BCUT2D eigenvalue weighted by Crippen LogP contribution is -2.35. The monoisotopic (exact) mass is 474 g/mol. The molecule has 0 spiro atoms. The van der Waals surface area contributed by atoms with Gasteiger partial charge in [-0.25, -0.2) is 4.98 Å². The molecule has 7 nitrogen and oxygen atoms in total. The summed E-state index contributed by atoms with van der Waals surface area (Å²) in [6, 6.07) is 10.2. The third-order valence-electron chi connectivity index (χ3n) is 4.64. The largest absolute Gasteiger partial charge is 0.444 e. The van der Waals surface area contributed by atoms with Crippen molar-refractivity contribution >= 4 is 49.9 Å². The predicted molar refractivity (Wildman–Crippen MR) is 116 cm³/mol. The topological polar surface area (TPSA) is 78.7 Å². The van der Waals surface area contributed by atoms with Crippen LogP contribution < -0.4 is 10.2 Å². The Hall–Kier alpha value is -2.65. The average molecular weight is 475 g/mol. The highest BCUT2D eigenvalue weighted by Crippen LogP contribution is 2.21. The molecule has 0 radical (unpaired) electrons. The van der Waals surface area contributed by atoms with Crippen LogP contribution in [0.2, 0.25) is 0 Å². The number of benzene rings is 1. The Balaban J connectivity index is 1.42. The fourth-order valence-electron chi connectivity index (χ4n) is 3.23. The van der Waals surface area contributed by atoms with Crippen molar-refractivity contribution in [3.05, 3.63) is 64.0 Å². The van der Waals surface area contributed by atoms with Crippen LogP contribution in [0.25, 0.3) is 0 Å². The third kappa shape index (κ3) is 4.68.